The number of hydrogen-bond donors (Lipinski definition) is 2. The second kappa shape index (κ2) is 10.5. The van der Waals surface area contributed by atoms with Gasteiger partial charge in [0.15, 0.2) is 0 Å². The summed E-state index contributed by atoms with van der Waals surface area (Å²) in [6.07, 6.45) is -4.53. The van der Waals surface area contributed by atoms with Gasteiger partial charge in [0.1, 0.15) is 0 Å². The van der Waals surface area contributed by atoms with Crippen LogP contribution in [0.25, 0.3) is 11.1 Å². The van der Waals surface area contributed by atoms with E-state index in [1.807, 2.05) is 5.32 Å². The van der Waals surface area contributed by atoms with Crippen LogP contribution in [0.2, 0.25) is 0 Å². The highest BCUT2D eigenvalue weighted by molar-refractivity contribution is 7.91. The van der Waals surface area contributed by atoms with Gasteiger partial charge in [0.2, 0.25) is 9.84 Å². The van der Waals surface area contributed by atoms with Gasteiger partial charge in [-0.3, -0.25) is 4.79 Å². The minimum atomic E-state index is -4.98. The first-order chi connectivity index (χ1) is 16.8. The lowest BCUT2D eigenvalue weighted by Crippen LogP contribution is -2.42. The fourth-order valence-electron chi connectivity index (χ4n) is 3.91. The molecule has 0 spiro atoms. The Morgan fingerprint density at radius 3 is 2.22 bits per heavy atom. The number of carbonyl (C=O) groups is 2. The highest BCUT2D eigenvalue weighted by atomic mass is 32.2. The van der Waals surface area contributed by atoms with Crippen molar-refractivity contribution in [3.05, 3.63) is 83.4 Å². The van der Waals surface area contributed by atoms with Crippen LogP contribution < -0.4 is 5.32 Å². The van der Waals surface area contributed by atoms with Crippen molar-refractivity contribution in [1.29, 1.82) is 0 Å². The molecule has 0 aliphatic heterocycles. The lowest BCUT2D eigenvalue weighted by Gasteiger charge is -2.16. The molecule has 0 unspecified atom stereocenters. The maximum absolute atomic E-state index is 13.5. The van der Waals surface area contributed by atoms with Crippen molar-refractivity contribution >= 4 is 21.7 Å². The number of carbonyl (C=O) groups excluding carboxylic acids is 1. The minimum Gasteiger partial charge on any atom is -0.478 e. The largest absolute Gasteiger partial charge is 0.478 e. The van der Waals surface area contributed by atoms with Gasteiger partial charge < -0.3 is 10.4 Å². The molecule has 0 aromatic heterocycles. The summed E-state index contributed by atoms with van der Waals surface area (Å²) in [6.45, 7) is 3.23. The molecule has 3 rings (SSSR count). The van der Waals surface area contributed by atoms with Crippen molar-refractivity contribution in [1.82, 2.24) is 5.32 Å². The van der Waals surface area contributed by atoms with Gasteiger partial charge in [0.25, 0.3) is 0 Å². The van der Waals surface area contributed by atoms with E-state index < -0.39 is 33.9 Å². The summed E-state index contributed by atoms with van der Waals surface area (Å²) in [4.78, 5) is 22.6. The van der Waals surface area contributed by atoms with Crippen LogP contribution in [0.5, 0.6) is 0 Å². The molecule has 0 radical (unpaired) electrons. The second-order valence-corrected chi connectivity index (χ2v) is 10.2. The molecule has 0 aliphatic rings. The van der Waals surface area contributed by atoms with E-state index in [1.54, 1.807) is 31.2 Å². The van der Waals surface area contributed by atoms with Crippen molar-refractivity contribution < 1.29 is 36.3 Å². The maximum Gasteiger partial charge on any atom is 0.471 e. The smallest absolute Gasteiger partial charge is 0.471 e. The van der Waals surface area contributed by atoms with Crippen LogP contribution in [0.3, 0.4) is 0 Å². The Hall–Kier alpha value is -3.66. The topological polar surface area (TPSA) is 101 Å². The first kappa shape index (κ1) is 26.9. The third-order valence-electron chi connectivity index (χ3n) is 5.61. The van der Waals surface area contributed by atoms with Crippen molar-refractivity contribution in [2.75, 3.05) is 0 Å². The highest BCUT2D eigenvalue weighted by Crippen LogP contribution is 2.33. The van der Waals surface area contributed by atoms with Crippen molar-refractivity contribution in [2.45, 2.75) is 48.7 Å². The third kappa shape index (κ3) is 5.93. The molecule has 1 atom stereocenters. The fraction of sp³-hybridized carbons (Fsp3) is 0.231. The van der Waals surface area contributed by atoms with Gasteiger partial charge in [-0.05, 0) is 72.4 Å². The zero-order chi connectivity index (χ0) is 26.7. The summed E-state index contributed by atoms with van der Waals surface area (Å²) in [5.41, 5.74) is 2.35. The first-order valence-electron chi connectivity index (χ1n) is 11.0. The summed E-state index contributed by atoms with van der Waals surface area (Å²) >= 11 is 0. The van der Waals surface area contributed by atoms with Gasteiger partial charge in [-0.2, -0.15) is 13.2 Å². The molecule has 3 aromatic carbocycles. The molecule has 6 nitrogen and oxygen atoms in total. The monoisotopic (exact) mass is 519 g/mol. The fourth-order valence-corrected chi connectivity index (χ4v) is 5.50. The van der Waals surface area contributed by atoms with Crippen LogP contribution in [0.15, 0.2) is 76.5 Å². The Morgan fingerprint density at radius 2 is 1.64 bits per heavy atom. The standard InChI is InChI=1S/C26H24F3NO5S/c1-3-21-22(18-6-4-7-19(15-18)24(31)32)8-5-9-23(21)36(34,35)20-12-10-17(11-13-20)14-16(2)30-25(33)26(27,28)29/h4-13,15-16H,3,14H2,1-2H3,(H,30,33)(H,31,32)/t16-/m1/s1. The maximum atomic E-state index is 13.5. The van der Waals surface area contributed by atoms with Crippen LogP contribution in [-0.2, 0) is 27.5 Å². The minimum absolute atomic E-state index is 0.00404. The van der Waals surface area contributed by atoms with E-state index in [1.165, 1.54) is 49.4 Å². The van der Waals surface area contributed by atoms with Crippen molar-refractivity contribution in [2.24, 2.45) is 0 Å². The Balaban J connectivity index is 1.91. The second-order valence-electron chi connectivity index (χ2n) is 8.25. The molecule has 0 fully saturated rings. The molecule has 2 N–H and O–H groups in total. The van der Waals surface area contributed by atoms with E-state index in [9.17, 15) is 36.3 Å². The van der Waals surface area contributed by atoms with Crippen LogP contribution in [0, 0.1) is 0 Å². The molecule has 3 aromatic rings. The van der Waals surface area contributed by atoms with E-state index in [0.717, 1.165) is 0 Å². The molecule has 0 heterocycles. The van der Waals surface area contributed by atoms with E-state index in [4.69, 9.17) is 0 Å². The van der Waals surface area contributed by atoms with Crippen LogP contribution in [0.1, 0.15) is 35.3 Å². The molecule has 0 saturated heterocycles. The average Bonchev–Trinajstić information content (AvgIpc) is 2.83. The molecular weight excluding hydrogens is 495 g/mol. The van der Waals surface area contributed by atoms with Crippen molar-refractivity contribution in [3.8, 4) is 11.1 Å². The number of hydrogen-bond acceptors (Lipinski definition) is 4. The number of amides is 1. The number of alkyl halides is 3. The SMILES string of the molecule is CCc1c(-c2cccc(C(=O)O)c2)cccc1S(=O)(=O)c1ccc(C[C@@H](C)NC(=O)C(F)(F)F)cc1. The Bertz CT molecular complexity index is 1380. The molecule has 0 aliphatic carbocycles. The van der Waals surface area contributed by atoms with Crippen LogP contribution in [-0.4, -0.2) is 37.6 Å². The highest BCUT2D eigenvalue weighted by Gasteiger charge is 2.39. The molecular formula is C26H24F3NO5S. The summed E-state index contributed by atoms with van der Waals surface area (Å²) in [5, 5.41) is 11.2. The van der Waals surface area contributed by atoms with E-state index in [-0.39, 0.29) is 21.8 Å². The van der Waals surface area contributed by atoms with Crippen LogP contribution in [0.4, 0.5) is 13.2 Å². The number of nitrogens with one attached hydrogen (secondary N) is 1. The molecule has 190 valence electrons. The van der Waals surface area contributed by atoms with Gasteiger partial charge in [-0.1, -0.05) is 43.3 Å². The zero-order valence-electron chi connectivity index (χ0n) is 19.5. The van der Waals surface area contributed by atoms with Crippen molar-refractivity contribution in [3.63, 3.8) is 0 Å². The normalized spacial score (nSPS) is 12.7. The predicted octanol–water partition coefficient (Wildman–Crippen LogP) is 5.06. The molecule has 36 heavy (non-hydrogen) atoms. The number of carboxylic acid groups (broad SMARTS) is 1. The summed E-state index contributed by atoms with van der Waals surface area (Å²) in [6, 6.07) is 16.0. The number of aromatic carboxylic acids is 1. The average molecular weight is 520 g/mol. The number of sulfone groups is 1. The van der Waals surface area contributed by atoms with E-state index in [2.05, 4.69) is 0 Å². The van der Waals surface area contributed by atoms with Gasteiger partial charge in [-0.25, -0.2) is 13.2 Å². The molecule has 0 saturated carbocycles. The molecule has 0 bridgehead atoms. The van der Waals surface area contributed by atoms with Gasteiger partial charge in [-0.15, -0.1) is 0 Å². The number of halogens is 3. The summed E-state index contributed by atoms with van der Waals surface area (Å²) in [5.74, 6) is -3.12. The Kier molecular flexibility index (Phi) is 7.88. The quantitative estimate of drug-likeness (QED) is 0.434. The predicted molar refractivity (Wildman–Crippen MR) is 127 cm³/mol. The lowest BCUT2D eigenvalue weighted by molar-refractivity contribution is -0.174. The van der Waals surface area contributed by atoms with E-state index in [0.29, 0.717) is 28.7 Å². The van der Waals surface area contributed by atoms with Gasteiger partial charge in [0.05, 0.1) is 15.4 Å². The zero-order valence-corrected chi connectivity index (χ0v) is 20.3. The first-order valence-corrected chi connectivity index (χ1v) is 12.5. The Morgan fingerprint density at radius 1 is 1.00 bits per heavy atom. The number of carboxylic acids is 1. The van der Waals surface area contributed by atoms with Crippen LogP contribution >= 0.6 is 0 Å². The van der Waals surface area contributed by atoms with Gasteiger partial charge >= 0.3 is 18.1 Å². The lowest BCUT2D eigenvalue weighted by atomic mass is 9.97. The molecule has 10 heteroatoms. The van der Waals surface area contributed by atoms with E-state index >= 15 is 0 Å². The third-order valence-corrected chi connectivity index (χ3v) is 7.46. The Labute approximate surface area is 206 Å². The number of benzene rings is 3. The summed E-state index contributed by atoms with van der Waals surface area (Å²) in [7, 11) is -3.96. The summed E-state index contributed by atoms with van der Waals surface area (Å²) < 4.78 is 64.3. The van der Waals surface area contributed by atoms with Gasteiger partial charge in [0, 0.05) is 6.04 Å². The molecule has 1 amide bonds. The number of rotatable bonds is 8.